The Hall–Kier alpha value is -2.28. The van der Waals surface area contributed by atoms with Gasteiger partial charge in [-0.15, -0.1) is 0 Å². The molecule has 1 atom stereocenters. The Morgan fingerprint density at radius 2 is 1.66 bits per heavy atom. The molecule has 3 rings (SSSR count). The Morgan fingerprint density at radius 1 is 1.03 bits per heavy atom. The fraction of sp³-hybridized carbons (Fsp3) is 0.462. The molecule has 2 aromatic rings. The van der Waals surface area contributed by atoms with Crippen LogP contribution in [0.15, 0.2) is 42.5 Å². The molecule has 32 heavy (non-hydrogen) atoms. The third kappa shape index (κ3) is 7.12. The number of fused-ring (bicyclic) bond motifs is 2. The van der Waals surface area contributed by atoms with Crippen LogP contribution in [0.2, 0.25) is 0 Å². The lowest BCUT2D eigenvalue weighted by molar-refractivity contribution is -0.139. The minimum atomic E-state index is -0.863. The highest BCUT2D eigenvalue weighted by atomic mass is 16.4. The number of aliphatic carboxylic acids is 1. The molecule has 0 aliphatic carbocycles. The standard InChI is InChI=1S/C26H34N4O2/c1-26(2,3)21-11-9-20(10-12-21)15-24-18-29(5)14-13-28(4)16-22-7-6-8-23(27-22)17-30(24)19-25(31)32/h4-12,24H,13-19H2,1-3H3,(H,31,32)/t24-/m0/s1. The SMILES string of the molecule is [CH]N1CCN([CH])C[C@H](Cc2ccc(C(C)(C)C)cc2)N(CC(=O)O)Cc2cccc(n2)C1. The van der Waals surface area contributed by atoms with E-state index in [1.165, 1.54) is 5.56 Å². The van der Waals surface area contributed by atoms with Gasteiger partial charge in [0.05, 0.1) is 17.9 Å². The zero-order chi connectivity index (χ0) is 23.3. The Labute approximate surface area is 192 Å². The lowest BCUT2D eigenvalue weighted by atomic mass is 9.86. The van der Waals surface area contributed by atoms with Crippen molar-refractivity contribution in [1.82, 2.24) is 19.7 Å². The van der Waals surface area contributed by atoms with Gasteiger partial charge in [0.2, 0.25) is 0 Å². The number of hydrogen-bond donors (Lipinski definition) is 1. The summed E-state index contributed by atoms with van der Waals surface area (Å²) in [5, 5.41) is 9.61. The Bertz CT molecular complexity index is 891. The van der Waals surface area contributed by atoms with Crippen LogP contribution < -0.4 is 0 Å². The molecule has 6 heteroatoms. The number of rotatable bonds is 4. The zero-order valence-corrected chi connectivity index (χ0v) is 19.4. The van der Waals surface area contributed by atoms with E-state index in [1.807, 2.05) is 23.1 Å². The predicted octanol–water partition coefficient (Wildman–Crippen LogP) is 3.33. The number of nitrogens with zero attached hydrogens (tertiary/aromatic N) is 4. The molecule has 0 amide bonds. The van der Waals surface area contributed by atoms with Crippen LogP contribution in [0.3, 0.4) is 0 Å². The first-order chi connectivity index (χ1) is 15.1. The fourth-order valence-corrected chi connectivity index (χ4v) is 4.03. The van der Waals surface area contributed by atoms with E-state index < -0.39 is 5.97 Å². The highest BCUT2D eigenvalue weighted by Crippen LogP contribution is 2.23. The van der Waals surface area contributed by atoms with E-state index in [0.717, 1.165) is 17.0 Å². The van der Waals surface area contributed by atoms with Gasteiger partial charge in [0.15, 0.2) is 0 Å². The number of carbonyl (C=O) groups is 1. The van der Waals surface area contributed by atoms with Crippen LogP contribution in [-0.4, -0.2) is 63.0 Å². The van der Waals surface area contributed by atoms with E-state index in [1.54, 1.807) is 9.80 Å². The molecule has 170 valence electrons. The van der Waals surface area contributed by atoms with Gasteiger partial charge < -0.3 is 5.11 Å². The summed E-state index contributed by atoms with van der Waals surface area (Å²) < 4.78 is 0. The monoisotopic (exact) mass is 434 g/mol. The molecule has 0 saturated heterocycles. The average Bonchev–Trinajstić information content (AvgIpc) is 2.70. The van der Waals surface area contributed by atoms with Gasteiger partial charge in [-0.25, -0.2) is 0 Å². The van der Waals surface area contributed by atoms with Crippen LogP contribution in [0.25, 0.3) is 0 Å². The van der Waals surface area contributed by atoms with E-state index in [2.05, 4.69) is 45.0 Å². The lowest BCUT2D eigenvalue weighted by Gasteiger charge is -2.34. The van der Waals surface area contributed by atoms with Crippen molar-refractivity contribution >= 4 is 5.97 Å². The number of hydrogen-bond acceptors (Lipinski definition) is 5. The Balaban J connectivity index is 1.90. The van der Waals surface area contributed by atoms with Crippen molar-refractivity contribution in [1.29, 1.82) is 0 Å². The molecule has 2 bridgehead atoms. The van der Waals surface area contributed by atoms with Crippen LogP contribution in [0.4, 0.5) is 0 Å². The molecular weight excluding hydrogens is 400 g/mol. The third-order valence-electron chi connectivity index (χ3n) is 5.86. The maximum atomic E-state index is 11.7. The summed E-state index contributed by atoms with van der Waals surface area (Å²) >= 11 is 0. The molecule has 0 unspecified atom stereocenters. The first kappa shape index (κ1) is 24.4. The summed E-state index contributed by atoms with van der Waals surface area (Å²) in [6.07, 6.45) is 0.692. The zero-order valence-electron chi connectivity index (χ0n) is 19.4. The number of benzene rings is 1. The summed E-state index contributed by atoms with van der Waals surface area (Å²) in [6, 6.07) is 14.3. The summed E-state index contributed by atoms with van der Waals surface area (Å²) in [6.45, 7) is 9.15. The number of carboxylic acids is 1. The first-order valence-electron chi connectivity index (χ1n) is 11.1. The molecule has 2 heterocycles. The molecule has 6 nitrogen and oxygen atoms in total. The van der Waals surface area contributed by atoms with Crippen LogP contribution in [-0.2, 0) is 29.7 Å². The van der Waals surface area contributed by atoms with Crippen LogP contribution in [0, 0.1) is 14.1 Å². The molecule has 1 aromatic heterocycles. The third-order valence-corrected chi connectivity index (χ3v) is 5.86. The second kappa shape index (κ2) is 10.6. The smallest absolute Gasteiger partial charge is 0.317 e. The van der Waals surface area contributed by atoms with Gasteiger partial charge in [0.25, 0.3) is 0 Å². The van der Waals surface area contributed by atoms with Gasteiger partial charge in [0.1, 0.15) is 0 Å². The second-order valence-electron chi connectivity index (χ2n) is 9.69. The quantitative estimate of drug-likeness (QED) is 0.797. The number of carboxylic acid groups (broad SMARTS) is 1. The van der Waals surface area contributed by atoms with Crippen molar-refractivity contribution in [3.05, 3.63) is 79.1 Å². The average molecular weight is 435 g/mol. The van der Waals surface area contributed by atoms with E-state index >= 15 is 0 Å². The van der Waals surface area contributed by atoms with Gasteiger partial charge in [-0.1, -0.05) is 51.1 Å². The van der Waals surface area contributed by atoms with E-state index in [-0.39, 0.29) is 18.0 Å². The van der Waals surface area contributed by atoms with Gasteiger partial charge in [0, 0.05) is 52.9 Å². The Morgan fingerprint density at radius 3 is 2.28 bits per heavy atom. The van der Waals surface area contributed by atoms with Gasteiger partial charge in [-0.3, -0.25) is 24.5 Å². The minimum absolute atomic E-state index is 0.0759. The van der Waals surface area contributed by atoms with Crippen molar-refractivity contribution in [2.45, 2.75) is 51.7 Å². The van der Waals surface area contributed by atoms with Gasteiger partial charge in [-0.2, -0.15) is 0 Å². The van der Waals surface area contributed by atoms with Crippen LogP contribution >= 0.6 is 0 Å². The molecule has 1 aliphatic heterocycles. The highest BCUT2D eigenvalue weighted by molar-refractivity contribution is 5.69. The van der Waals surface area contributed by atoms with Crippen molar-refractivity contribution in [3.63, 3.8) is 0 Å². The topological polar surface area (TPSA) is 59.9 Å². The molecular formula is C26H34N4O2. The highest BCUT2D eigenvalue weighted by Gasteiger charge is 2.25. The van der Waals surface area contributed by atoms with E-state index in [0.29, 0.717) is 39.1 Å². The van der Waals surface area contributed by atoms with Crippen molar-refractivity contribution in [2.24, 2.45) is 0 Å². The van der Waals surface area contributed by atoms with Crippen LogP contribution in [0.5, 0.6) is 0 Å². The van der Waals surface area contributed by atoms with Crippen LogP contribution in [0.1, 0.15) is 43.3 Å². The summed E-state index contributed by atoms with van der Waals surface area (Å²) in [7, 11) is 12.5. The normalized spacial score (nSPS) is 19.8. The Kier molecular flexibility index (Phi) is 8.04. The predicted molar refractivity (Wildman–Crippen MR) is 125 cm³/mol. The van der Waals surface area contributed by atoms with E-state index in [4.69, 9.17) is 19.1 Å². The van der Waals surface area contributed by atoms with Gasteiger partial charge >= 0.3 is 5.97 Å². The summed E-state index contributed by atoms with van der Waals surface area (Å²) in [4.78, 5) is 21.8. The van der Waals surface area contributed by atoms with Crippen molar-refractivity contribution in [3.8, 4) is 0 Å². The van der Waals surface area contributed by atoms with Gasteiger partial charge in [-0.05, 0) is 35.1 Å². The van der Waals surface area contributed by atoms with Crippen molar-refractivity contribution in [2.75, 3.05) is 26.2 Å². The van der Waals surface area contributed by atoms with E-state index in [9.17, 15) is 9.90 Å². The molecule has 4 radical (unpaired) electrons. The molecule has 0 fully saturated rings. The molecule has 1 aliphatic rings. The lowest BCUT2D eigenvalue weighted by Crippen LogP contribution is -2.47. The molecule has 0 spiro atoms. The second-order valence-corrected chi connectivity index (χ2v) is 9.69. The molecule has 1 aromatic carbocycles. The number of aromatic nitrogens is 1. The maximum absolute atomic E-state index is 11.7. The molecule has 0 saturated carbocycles. The first-order valence-corrected chi connectivity index (χ1v) is 11.1. The summed E-state index contributed by atoms with van der Waals surface area (Å²) in [5.74, 6) is -0.863. The summed E-state index contributed by atoms with van der Waals surface area (Å²) in [5.41, 5.74) is 4.20. The largest absolute Gasteiger partial charge is 0.480 e. The minimum Gasteiger partial charge on any atom is -0.480 e. The van der Waals surface area contributed by atoms with Crippen molar-refractivity contribution < 1.29 is 9.90 Å². The maximum Gasteiger partial charge on any atom is 0.317 e. The molecule has 1 N–H and O–H groups in total. The fourth-order valence-electron chi connectivity index (χ4n) is 4.03. The number of pyridine rings is 1.